The summed E-state index contributed by atoms with van der Waals surface area (Å²) in [4.78, 5) is 8.85. The van der Waals surface area contributed by atoms with Crippen LogP contribution in [-0.2, 0) is 11.0 Å². The van der Waals surface area contributed by atoms with Gasteiger partial charge in [-0.25, -0.2) is 19.0 Å². The van der Waals surface area contributed by atoms with Gasteiger partial charge in [-0.3, -0.25) is 0 Å². The molecule has 228 valence electrons. The minimum absolute atomic E-state index is 0.0889. The van der Waals surface area contributed by atoms with Gasteiger partial charge in [0.25, 0.3) is 0 Å². The van der Waals surface area contributed by atoms with Crippen molar-refractivity contribution in [3.8, 4) is 6.07 Å². The maximum atomic E-state index is 13.9. The number of nitrogens with zero attached hydrogens (tertiary/aromatic N) is 6. The van der Waals surface area contributed by atoms with Gasteiger partial charge in [0.2, 0.25) is 0 Å². The number of halogens is 5. The molecule has 6 rings (SSSR count). The third kappa shape index (κ3) is 5.78. The minimum Gasteiger partial charge on any atom is -0.378 e. The molecule has 2 atom stereocenters. The molecule has 0 spiro atoms. The number of alkyl halides is 3. The Morgan fingerprint density at radius 3 is 2.47 bits per heavy atom. The van der Waals surface area contributed by atoms with Crippen LogP contribution < -0.4 is 10.6 Å². The van der Waals surface area contributed by atoms with E-state index in [4.69, 9.17) is 11.6 Å². The third-order valence-electron chi connectivity index (χ3n) is 8.26. The SMILES string of the molecule is BC(Nc1cc(Cl)c2ncnc(N[C@H](CCC#N)c3ccccc3)c2c1)(c1ccc(F)cc1)c1cn(C2(C(F)(F)F)CC2)nn1. The van der Waals surface area contributed by atoms with Gasteiger partial charge in [0.15, 0.2) is 5.54 Å². The molecule has 1 unspecified atom stereocenters. The Morgan fingerprint density at radius 2 is 1.80 bits per heavy atom. The Bertz CT molecular complexity index is 1870. The number of fused-ring (bicyclic) bond motifs is 1. The molecule has 1 aliphatic rings. The number of nitriles is 1. The van der Waals surface area contributed by atoms with Gasteiger partial charge in [-0.1, -0.05) is 59.3 Å². The monoisotopic (exact) mass is 632 g/mol. The summed E-state index contributed by atoms with van der Waals surface area (Å²) in [5.74, 6) is 0.0115. The molecule has 45 heavy (non-hydrogen) atoms. The van der Waals surface area contributed by atoms with Crippen molar-refractivity contribution < 1.29 is 17.6 Å². The van der Waals surface area contributed by atoms with Crippen LogP contribution in [0.5, 0.6) is 0 Å². The first-order chi connectivity index (χ1) is 21.5. The first-order valence-electron chi connectivity index (χ1n) is 14.2. The smallest absolute Gasteiger partial charge is 0.378 e. The summed E-state index contributed by atoms with van der Waals surface area (Å²) in [6.07, 6.45) is -1.15. The fourth-order valence-corrected chi connectivity index (χ4v) is 5.78. The van der Waals surface area contributed by atoms with Crippen molar-refractivity contribution in [3.63, 3.8) is 0 Å². The van der Waals surface area contributed by atoms with Crippen LogP contribution in [0.15, 0.2) is 79.3 Å². The van der Waals surface area contributed by atoms with Gasteiger partial charge in [0.1, 0.15) is 31.5 Å². The van der Waals surface area contributed by atoms with Gasteiger partial charge >= 0.3 is 6.18 Å². The number of hydrogen-bond donors (Lipinski definition) is 2. The molecule has 0 aliphatic heterocycles. The molecular formula is C31H26BClF4N8. The lowest BCUT2D eigenvalue weighted by molar-refractivity contribution is -0.182. The second kappa shape index (κ2) is 11.7. The summed E-state index contributed by atoms with van der Waals surface area (Å²) in [5.41, 5.74) is -0.685. The van der Waals surface area contributed by atoms with Gasteiger partial charge in [0.05, 0.1) is 34.3 Å². The zero-order valence-electron chi connectivity index (χ0n) is 24.0. The van der Waals surface area contributed by atoms with Crippen molar-refractivity contribution in [3.05, 3.63) is 107 Å². The van der Waals surface area contributed by atoms with E-state index in [0.717, 1.165) is 10.2 Å². The predicted octanol–water partition coefficient (Wildman–Crippen LogP) is 6.47. The molecular weight excluding hydrogens is 607 g/mol. The summed E-state index contributed by atoms with van der Waals surface area (Å²) in [7, 11) is 1.73. The third-order valence-corrected chi connectivity index (χ3v) is 8.55. The lowest BCUT2D eigenvalue weighted by Crippen LogP contribution is -2.38. The van der Waals surface area contributed by atoms with Crippen LogP contribution in [0.4, 0.5) is 29.1 Å². The minimum atomic E-state index is -4.49. The number of anilines is 2. The van der Waals surface area contributed by atoms with Crippen LogP contribution in [0.25, 0.3) is 10.9 Å². The number of nitrogens with one attached hydrogen (secondary N) is 2. The highest BCUT2D eigenvalue weighted by Crippen LogP contribution is 2.55. The van der Waals surface area contributed by atoms with Gasteiger partial charge in [-0.15, -0.1) is 5.10 Å². The Labute approximate surface area is 261 Å². The standard InChI is InChI=1S/C31H26BClF4N8/c32-30(20-8-10-21(34)11-9-20,26-17-45(44-43-26)29(12-13-29)31(35,36)37)42-22-15-23-27(24(33)16-22)39-18-40-28(23)41-25(7-4-14-38)19-5-2-1-3-6-19/h1-3,5-6,8-11,15-18,25,42H,4,7,12-13,32H2,(H,39,40,41)/t25-,30?/m1/s1. The number of aromatic nitrogens is 5. The molecule has 0 radical (unpaired) electrons. The summed E-state index contributed by atoms with van der Waals surface area (Å²) < 4.78 is 56.5. The molecule has 3 aromatic carbocycles. The number of rotatable bonds is 10. The molecule has 2 heterocycles. The molecule has 1 fully saturated rings. The topological polar surface area (TPSA) is 104 Å². The molecule has 1 aliphatic carbocycles. The highest BCUT2D eigenvalue weighted by Gasteiger charge is 2.66. The van der Waals surface area contributed by atoms with E-state index in [9.17, 15) is 22.8 Å². The summed E-state index contributed by atoms with van der Waals surface area (Å²) in [6, 6.07) is 20.7. The van der Waals surface area contributed by atoms with E-state index in [2.05, 4.69) is 37.0 Å². The van der Waals surface area contributed by atoms with Crippen LogP contribution in [0.1, 0.15) is 48.5 Å². The molecule has 0 saturated heterocycles. The first kappa shape index (κ1) is 30.3. The lowest BCUT2D eigenvalue weighted by Gasteiger charge is -2.31. The summed E-state index contributed by atoms with van der Waals surface area (Å²) in [6.45, 7) is 0. The molecule has 0 amide bonds. The van der Waals surface area contributed by atoms with E-state index in [-0.39, 0.29) is 24.6 Å². The van der Waals surface area contributed by atoms with Gasteiger partial charge < -0.3 is 10.6 Å². The quantitative estimate of drug-likeness (QED) is 0.134. The summed E-state index contributed by atoms with van der Waals surface area (Å²) >= 11 is 6.73. The van der Waals surface area contributed by atoms with E-state index < -0.39 is 23.0 Å². The number of benzene rings is 3. The van der Waals surface area contributed by atoms with Crippen molar-refractivity contribution in [2.45, 2.75) is 48.9 Å². The lowest BCUT2D eigenvalue weighted by atomic mass is 9.69. The van der Waals surface area contributed by atoms with Crippen molar-refractivity contribution in [1.82, 2.24) is 25.0 Å². The van der Waals surface area contributed by atoms with Gasteiger partial charge in [-0.05, 0) is 54.7 Å². The van der Waals surface area contributed by atoms with Crippen LogP contribution in [0, 0.1) is 17.1 Å². The fraction of sp³-hybridized carbons (Fsp3) is 0.258. The van der Waals surface area contributed by atoms with E-state index >= 15 is 0 Å². The van der Waals surface area contributed by atoms with Gasteiger partial charge in [0, 0.05) is 17.5 Å². The maximum absolute atomic E-state index is 13.9. The Kier molecular flexibility index (Phi) is 7.87. The van der Waals surface area contributed by atoms with Crippen molar-refractivity contribution in [2.24, 2.45) is 0 Å². The largest absolute Gasteiger partial charge is 0.413 e. The number of hydrogen-bond acceptors (Lipinski definition) is 7. The molecule has 2 aromatic heterocycles. The normalized spacial score (nSPS) is 16.0. The predicted molar refractivity (Wildman–Crippen MR) is 165 cm³/mol. The average molecular weight is 633 g/mol. The summed E-state index contributed by atoms with van der Waals surface area (Å²) in [5, 5.41) is 25.0. The van der Waals surface area contributed by atoms with Crippen LogP contribution in [0.2, 0.25) is 5.02 Å². The van der Waals surface area contributed by atoms with Crippen molar-refractivity contribution in [2.75, 3.05) is 10.6 Å². The Hall–Kier alpha value is -4.70. The average Bonchev–Trinajstić information content (AvgIpc) is 3.70. The van der Waals surface area contributed by atoms with E-state index in [1.807, 2.05) is 30.3 Å². The van der Waals surface area contributed by atoms with Crippen molar-refractivity contribution in [1.29, 1.82) is 5.26 Å². The molecule has 14 heteroatoms. The highest BCUT2D eigenvalue weighted by atomic mass is 35.5. The van der Waals surface area contributed by atoms with Gasteiger partial charge in [-0.2, -0.15) is 18.4 Å². The molecule has 2 N–H and O–H groups in total. The van der Waals surface area contributed by atoms with E-state index in [1.165, 1.54) is 36.8 Å². The van der Waals surface area contributed by atoms with E-state index in [1.54, 1.807) is 20.0 Å². The van der Waals surface area contributed by atoms with E-state index in [0.29, 0.717) is 45.8 Å². The zero-order chi connectivity index (χ0) is 31.8. The molecule has 1 saturated carbocycles. The Balaban J connectivity index is 1.41. The molecule has 5 aromatic rings. The van der Waals surface area contributed by atoms with Crippen molar-refractivity contribution >= 4 is 41.9 Å². The second-order valence-corrected chi connectivity index (χ2v) is 11.6. The van der Waals surface area contributed by atoms with Crippen LogP contribution in [0.3, 0.4) is 0 Å². The fourth-order valence-electron chi connectivity index (χ4n) is 5.51. The van der Waals surface area contributed by atoms with Crippen LogP contribution >= 0.6 is 11.6 Å². The van der Waals surface area contributed by atoms with Crippen LogP contribution in [-0.4, -0.2) is 39.0 Å². The molecule has 0 bridgehead atoms. The highest BCUT2D eigenvalue weighted by molar-refractivity contribution is 6.35. The maximum Gasteiger partial charge on any atom is 0.413 e. The first-order valence-corrected chi connectivity index (χ1v) is 14.6. The zero-order valence-corrected chi connectivity index (χ0v) is 24.7. The molecule has 8 nitrogen and oxygen atoms in total. The Morgan fingerprint density at radius 1 is 1.07 bits per heavy atom. The second-order valence-electron chi connectivity index (χ2n) is 11.2.